The fourth-order valence-electron chi connectivity index (χ4n) is 18.4. The van der Waals surface area contributed by atoms with Gasteiger partial charge in [0.1, 0.15) is 0 Å². The van der Waals surface area contributed by atoms with Gasteiger partial charge in [-0.25, -0.2) is 0 Å². The minimum absolute atomic E-state index is 0.124. The van der Waals surface area contributed by atoms with Crippen molar-refractivity contribution in [1.29, 1.82) is 0 Å². The number of rotatable bonds is 3. The van der Waals surface area contributed by atoms with E-state index in [1.54, 1.807) is 10.6 Å². The molecule has 0 amide bonds. The topological polar surface area (TPSA) is 0 Å². The number of halogens is 1. The van der Waals surface area contributed by atoms with Gasteiger partial charge >= 0.3 is 153 Å². The summed E-state index contributed by atoms with van der Waals surface area (Å²) >= 11 is 3.20. The number of hydrogen-bond donors (Lipinski definition) is 0. The summed E-state index contributed by atoms with van der Waals surface area (Å²) in [6.45, 7) is -3.23. The Morgan fingerprint density at radius 3 is 1.44 bits per heavy atom. The van der Waals surface area contributed by atoms with Crippen LogP contribution in [0, 0.1) is 0 Å². The summed E-state index contributed by atoms with van der Waals surface area (Å²) in [5, 5.41) is 3.46. The molecule has 0 aliphatic carbocycles. The van der Waals surface area contributed by atoms with Gasteiger partial charge in [0.05, 0.1) is 0 Å². The van der Waals surface area contributed by atoms with Crippen LogP contribution in [0.4, 0.5) is 0 Å². The summed E-state index contributed by atoms with van der Waals surface area (Å²) in [5.41, 5.74) is 0. The SMILES string of the molecule is I[C]12[CH]3[CH]4[CH]5[C]1(P(c1ccccc1)c1ccccc1)[Fe]43521678[CH]2[CH]1[CH]6[CH]7[CH]28. The second-order valence-corrected chi connectivity index (χ2v) is 41.3. The van der Waals surface area contributed by atoms with Crippen molar-refractivity contribution in [1.82, 2.24) is 0 Å². The van der Waals surface area contributed by atoms with E-state index in [2.05, 4.69) is 83.3 Å². The van der Waals surface area contributed by atoms with Crippen LogP contribution in [0.3, 0.4) is 0 Å². The van der Waals surface area contributed by atoms with E-state index in [9.17, 15) is 0 Å². The third-order valence-corrected chi connectivity index (χ3v) is 77.1. The Morgan fingerprint density at radius 1 is 0.680 bits per heavy atom. The average molecular weight is 496 g/mol. The van der Waals surface area contributed by atoms with Crippen LogP contribution in [0.2, 0.25) is 38.5 Å². The van der Waals surface area contributed by atoms with Crippen molar-refractivity contribution >= 4 is 41.1 Å². The molecule has 0 bridgehead atoms. The number of benzene rings is 2. The summed E-state index contributed by atoms with van der Waals surface area (Å²) < 4.78 is 1.83. The molecule has 0 radical (unpaired) electrons. The van der Waals surface area contributed by atoms with Crippen LogP contribution in [0.1, 0.15) is 0 Å². The normalized spacial score (nSPS) is 87.8. The molecule has 5 unspecified atom stereocenters. The second-order valence-electron chi connectivity index (χ2n) is 12.6. The van der Waals surface area contributed by atoms with Gasteiger partial charge in [-0.2, -0.15) is 0 Å². The molecule has 0 nitrogen and oxygen atoms in total. The first kappa shape index (κ1) is 11.2. The zero-order valence-electron chi connectivity index (χ0n) is 13.6. The van der Waals surface area contributed by atoms with Crippen LogP contribution in [-0.4, -0.2) is 6.37 Å². The van der Waals surface area contributed by atoms with E-state index >= 15 is 0 Å². The maximum atomic E-state index is 3.20. The van der Waals surface area contributed by atoms with Crippen molar-refractivity contribution in [2.45, 2.75) is 44.9 Å². The van der Waals surface area contributed by atoms with Gasteiger partial charge in [-0.05, 0) is 0 Å². The average Bonchev–Trinajstić information content (AvgIpc) is 3.60. The predicted molar refractivity (Wildman–Crippen MR) is 109 cm³/mol. The summed E-state index contributed by atoms with van der Waals surface area (Å²) in [5.74, 6) is 0. The van der Waals surface area contributed by atoms with Crippen molar-refractivity contribution in [3.8, 4) is 0 Å². The Balaban J connectivity index is 1.33. The Kier molecular flexibility index (Phi) is 0.576. The summed E-state index contributed by atoms with van der Waals surface area (Å²) in [6.07, 6.45) is 0. The molecule has 12 rings (SSSR count). The molecule has 10 aliphatic heterocycles. The van der Waals surface area contributed by atoms with Crippen molar-refractivity contribution in [3.05, 3.63) is 60.7 Å². The van der Waals surface area contributed by atoms with Gasteiger partial charge in [-0.3, -0.25) is 0 Å². The first-order chi connectivity index (χ1) is 12.0. The van der Waals surface area contributed by atoms with Crippen molar-refractivity contribution in [2.24, 2.45) is 0 Å². The van der Waals surface area contributed by atoms with Gasteiger partial charge in [0.15, 0.2) is 0 Å². The molecule has 5 atom stereocenters. The number of hydrogen-bond acceptors (Lipinski definition) is 0. The molecule has 10 fully saturated rings. The van der Waals surface area contributed by atoms with E-state index in [1.807, 2.05) is 0 Å². The Morgan fingerprint density at radius 2 is 1.16 bits per heavy atom. The minimum atomic E-state index is -3.23. The van der Waals surface area contributed by atoms with Gasteiger partial charge < -0.3 is 0 Å². The van der Waals surface area contributed by atoms with Crippen LogP contribution in [0.25, 0.3) is 0 Å². The first-order valence-corrected chi connectivity index (χ1v) is 18.5. The van der Waals surface area contributed by atoms with Crippen molar-refractivity contribution in [3.63, 3.8) is 0 Å². The molecule has 10 aliphatic rings. The van der Waals surface area contributed by atoms with Crippen LogP contribution in [0.5, 0.6) is 0 Å². The molecule has 126 valence electrons. The Bertz CT molecular complexity index is 1440. The molecule has 2 aromatic carbocycles. The monoisotopic (exact) mass is 496 g/mol. The molecular formula is C22H18FeIP. The molecule has 10 heterocycles. The van der Waals surface area contributed by atoms with Gasteiger partial charge in [-0.1, -0.05) is 0 Å². The molecular weight excluding hydrogens is 478 g/mol. The van der Waals surface area contributed by atoms with Gasteiger partial charge in [0.2, 0.25) is 0 Å². The van der Waals surface area contributed by atoms with E-state index in [-0.39, 0.29) is 7.92 Å². The quantitative estimate of drug-likeness (QED) is 0.220. The van der Waals surface area contributed by atoms with Crippen LogP contribution in [-0.2, 0) is 6.51 Å². The summed E-state index contributed by atoms with van der Waals surface area (Å²) in [4.78, 5) is 11.1. The van der Waals surface area contributed by atoms with Crippen molar-refractivity contribution in [2.75, 3.05) is 0 Å². The molecule has 0 saturated carbocycles. The Labute approximate surface area is 152 Å². The molecule has 3 heteroatoms. The van der Waals surface area contributed by atoms with E-state index in [0.717, 1.165) is 6.37 Å². The zero-order chi connectivity index (χ0) is 15.7. The van der Waals surface area contributed by atoms with Crippen LogP contribution in [0.15, 0.2) is 60.7 Å². The molecule has 2 aromatic rings. The van der Waals surface area contributed by atoms with Gasteiger partial charge in [0, 0.05) is 0 Å². The van der Waals surface area contributed by atoms with E-state index < -0.39 is 6.51 Å². The van der Waals surface area contributed by atoms with Gasteiger partial charge in [-0.15, -0.1) is 0 Å². The van der Waals surface area contributed by atoms with E-state index in [4.69, 9.17) is 0 Å². The standard InChI is InChI=1S/C17H13IP.C5H5.Fe/c18-16-12-7-13-17(16)19(14-8-3-1-4-9-14)15-10-5-2-6-11-15;1-2-4-5-3-1;/h1-13H;1-5H;. The predicted octanol–water partition coefficient (Wildman–Crippen LogP) is 5.76. The van der Waals surface area contributed by atoms with Crippen molar-refractivity contribution < 1.29 is 6.51 Å². The zero-order valence-corrected chi connectivity index (χ0v) is 17.7. The van der Waals surface area contributed by atoms with Crippen LogP contribution < -0.4 is 10.6 Å². The van der Waals surface area contributed by atoms with E-state index in [0.29, 0.717) is 0 Å². The molecule has 1 spiro atoms. The fourth-order valence-corrected chi connectivity index (χ4v) is 126. The van der Waals surface area contributed by atoms with Gasteiger partial charge in [0.25, 0.3) is 0 Å². The summed E-state index contributed by atoms with van der Waals surface area (Å²) in [7, 11) is -0.124. The third kappa shape index (κ3) is 0.179. The molecule has 25 heavy (non-hydrogen) atoms. The molecule has 10 saturated heterocycles. The third-order valence-electron chi connectivity index (χ3n) is 17.0. The number of fused-ring (bicyclic) bond motifs is 10. The fraction of sp³-hybridized carbons (Fsp3) is 0.455. The molecule has 0 aromatic heterocycles. The Hall–Kier alpha value is 0.119. The summed E-state index contributed by atoms with van der Waals surface area (Å²) in [6, 6.07) is 23.7. The first-order valence-electron chi connectivity index (χ1n) is 9.83. The van der Waals surface area contributed by atoms with E-state index in [1.165, 1.54) is 38.5 Å². The number of alkyl halides is 1. The van der Waals surface area contributed by atoms with Crippen LogP contribution >= 0.6 is 30.5 Å². The second kappa shape index (κ2) is 1.29. The maximum absolute atomic E-state index is 3.23. The molecule has 0 N–H and O–H groups in total.